The zero-order valence-electron chi connectivity index (χ0n) is 10.6. The minimum Gasteiger partial charge on any atom is -0.481 e. The summed E-state index contributed by atoms with van der Waals surface area (Å²) in [5, 5.41) is 3.14. The first-order valence-electron chi connectivity index (χ1n) is 5.52. The Morgan fingerprint density at radius 1 is 1.00 bits per heavy atom. The summed E-state index contributed by atoms with van der Waals surface area (Å²) in [6.45, 7) is 2.01. The molecule has 2 aromatic rings. The lowest BCUT2D eigenvalue weighted by Crippen LogP contribution is -2.01. The van der Waals surface area contributed by atoms with Gasteiger partial charge in [0.25, 0.3) is 0 Å². The van der Waals surface area contributed by atoms with Crippen LogP contribution in [0, 0.1) is 6.92 Å². The molecule has 0 atom stereocenters. The summed E-state index contributed by atoms with van der Waals surface area (Å²) in [6, 6.07) is 9.54. The van der Waals surface area contributed by atoms with Gasteiger partial charge < -0.3 is 14.8 Å². The van der Waals surface area contributed by atoms with E-state index in [1.807, 2.05) is 31.2 Å². The summed E-state index contributed by atoms with van der Waals surface area (Å²) in [6.07, 6.45) is 0. The molecule has 18 heavy (non-hydrogen) atoms. The van der Waals surface area contributed by atoms with Gasteiger partial charge in [-0.1, -0.05) is 18.2 Å². The third-order valence-electron chi connectivity index (χ3n) is 2.49. The summed E-state index contributed by atoms with van der Waals surface area (Å²) in [5.41, 5.74) is 2.07. The maximum Gasteiger partial charge on any atom is 0.233 e. The molecule has 0 amide bonds. The summed E-state index contributed by atoms with van der Waals surface area (Å²) in [4.78, 5) is 8.42. The second kappa shape index (κ2) is 5.35. The lowest BCUT2D eigenvalue weighted by molar-refractivity contribution is 0.373. The number of aromatic nitrogens is 2. The second-order valence-corrected chi connectivity index (χ2v) is 3.72. The lowest BCUT2D eigenvalue weighted by atomic mass is 10.2. The fraction of sp³-hybridized carbons (Fsp3) is 0.231. The van der Waals surface area contributed by atoms with Crippen molar-refractivity contribution in [1.29, 1.82) is 0 Å². The van der Waals surface area contributed by atoms with Crippen molar-refractivity contribution in [3.8, 4) is 11.8 Å². The molecule has 1 N–H and O–H groups in total. The van der Waals surface area contributed by atoms with Gasteiger partial charge in [-0.2, -0.15) is 9.97 Å². The molecular formula is C13H15N3O2. The van der Waals surface area contributed by atoms with E-state index in [4.69, 9.17) is 9.47 Å². The Balaban J connectivity index is 2.31. The van der Waals surface area contributed by atoms with Crippen LogP contribution in [0.15, 0.2) is 30.3 Å². The van der Waals surface area contributed by atoms with Gasteiger partial charge >= 0.3 is 0 Å². The Morgan fingerprint density at radius 2 is 1.61 bits per heavy atom. The third-order valence-corrected chi connectivity index (χ3v) is 2.49. The van der Waals surface area contributed by atoms with Crippen molar-refractivity contribution in [2.45, 2.75) is 6.92 Å². The number of aryl methyl sites for hydroxylation is 1. The molecule has 0 saturated heterocycles. The molecule has 1 aromatic heterocycles. The Bertz CT molecular complexity index is 521. The van der Waals surface area contributed by atoms with Crippen molar-refractivity contribution >= 4 is 11.6 Å². The van der Waals surface area contributed by atoms with Crippen LogP contribution >= 0.6 is 0 Å². The van der Waals surface area contributed by atoms with Crippen molar-refractivity contribution in [2.75, 3.05) is 19.5 Å². The van der Waals surface area contributed by atoms with Crippen LogP contribution in [0.2, 0.25) is 0 Å². The summed E-state index contributed by atoms with van der Waals surface area (Å²) < 4.78 is 10.2. The molecule has 0 aliphatic rings. The van der Waals surface area contributed by atoms with Crippen molar-refractivity contribution in [3.63, 3.8) is 0 Å². The Kier molecular flexibility index (Phi) is 3.62. The molecule has 94 valence electrons. The Labute approximate surface area is 106 Å². The highest BCUT2D eigenvalue weighted by atomic mass is 16.5. The molecule has 0 unspecified atom stereocenters. The summed E-state index contributed by atoms with van der Waals surface area (Å²) >= 11 is 0. The molecule has 2 rings (SSSR count). The van der Waals surface area contributed by atoms with Crippen LogP contribution in [0.5, 0.6) is 11.8 Å². The Hall–Kier alpha value is -2.30. The first kappa shape index (κ1) is 12.2. The average molecular weight is 245 g/mol. The normalized spacial score (nSPS) is 9.94. The van der Waals surface area contributed by atoms with Gasteiger partial charge in [0.15, 0.2) is 0 Å². The standard InChI is InChI=1S/C13H15N3O2/c1-9-6-4-5-7-10(9)14-13-15-11(17-2)8-12(16-13)18-3/h4-8H,1-3H3,(H,14,15,16). The molecule has 0 fully saturated rings. The van der Waals surface area contributed by atoms with Gasteiger partial charge in [0, 0.05) is 5.69 Å². The smallest absolute Gasteiger partial charge is 0.233 e. The van der Waals surface area contributed by atoms with Gasteiger partial charge in [-0.05, 0) is 18.6 Å². The van der Waals surface area contributed by atoms with E-state index in [-0.39, 0.29) is 0 Å². The van der Waals surface area contributed by atoms with E-state index >= 15 is 0 Å². The highest BCUT2D eigenvalue weighted by Crippen LogP contribution is 2.22. The number of para-hydroxylation sites is 1. The fourth-order valence-electron chi connectivity index (χ4n) is 1.50. The predicted molar refractivity (Wildman–Crippen MR) is 69.6 cm³/mol. The maximum atomic E-state index is 5.09. The van der Waals surface area contributed by atoms with Crippen LogP contribution in [0.4, 0.5) is 11.6 Å². The van der Waals surface area contributed by atoms with Crippen molar-refractivity contribution in [1.82, 2.24) is 9.97 Å². The summed E-state index contributed by atoms with van der Waals surface area (Å²) in [5.74, 6) is 1.36. The van der Waals surface area contributed by atoms with Gasteiger partial charge in [0.05, 0.1) is 20.3 Å². The number of ether oxygens (including phenoxy) is 2. The minimum absolute atomic E-state index is 0.445. The molecule has 0 saturated carbocycles. The minimum atomic E-state index is 0.445. The number of rotatable bonds is 4. The van der Waals surface area contributed by atoms with Crippen LogP contribution in [0.25, 0.3) is 0 Å². The number of nitrogens with one attached hydrogen (secondary N) is 1. The van der Waals surface area contributed by atoms with Crippen LogP contribution in [0.1, 0.15) is 5.56 Å². The average Bonchev–Trinajstić information content (AvgIpc) is 2.41. The van der Waals surface area contributed by atoms with Crippen LogP contribution in [-0.4, -0.2) is 24.2 Å². The zero-order valence-corrected chi connectivity index (χ0v) is 10.6. The van der Waals surface area contributed by atoms with E-state index in [1.165, 1.54) is 0 Å². The number of benzene rings is 1. The number of hydrogen-bond acceptors (Lipinski definition) is 5. The van der Waals surface area contributed by atoms with Crippen LogP contribution in [0.3, 0.4) is 0 Å². The predicted octanol–water partition coefficient (Wildman–Crippen LogP) is 2.55. The van der Waals surface area contributed by atoms with Gasteiger partial charge in [0.2, 0.25) is 17.7 Å². The van der Waals surface area contributed by atoms with E-state index in [0.29, 0.717) is 17.7 Å². The highest BCUT2D eigenvalue weighted by Gasteiger charge is 2.06. The van der Waals surface area contributed by atoms with E-state index in [9.17, 15) is 0 Å². The van der Waals surface area contributed by atoms with Gasteiger partial charge in [-0.25, -0.2) is 0 Å². The van der Waals surface area contributed by atoms with Gasteiger partial charge in [-0.3, -0.25) is 0 Å². The van der Waals surface area contributed by atoms with E-state index in [2.05, 4.69) is 15.3 Å². The number of nitrogens with zero attached hydrogens (tertiary/aromatic N) is 2. The molecule has 0 spiro atoms. The van der Waals surface area contributed by atoms with Crippen molar-refractivity contribution < 1.29 is 9.47 Å². The molecule has 0 bridgehead atoms. The maximum absolute atomic E-state index is 5.09. The second-order valence-electron chi connectivity index (χ2n) is 3.72. The molecule has 0 aliphatic heterocycles. The molecular weight excluding hydrogens is 230 g/mol. The monoisotopic (exact) mass is 245 g/mol. The lowest BCUT2D eigenvalue weighted by Gasteiger charge is -2.10. The van der Waals surface area contributed by atoms with Gasteiger partial charge in [-0.15, -0.1) is 0 Å². The van der Waals surface area contributed by atoms with E-state index in [1.54, 1.807) is 20.3 Å². The van der Waals surface area contributed by atoms with Crippen LogP contribution < -0.4 is 14.8 Å². The topological polar surface area (TPSA) is 56.3 Å². The van der Waals surface area contributed by atoms with Gasteiger partial charge in [0.1, 0.15) is 0 Å². The summed E-state index contributed by atoms with van der Waals surface area (Å²) in [7, 11) is 3.11. The first-order chi connectivity index (χ1) is 8.72. The fourth-order valence-corrected chi connectivity index (χ4v) is 1.50. The highest BCUT2D eigenvalue weighted by molar-refractivity contribution is 5.58. The molecule has 1 aromatic carbocycles. The number of methoxy groups -OCH3 is 2. The third kappa shape index (κ3) is 2.68. The molecule has 0 aliphatic carbocycles. The SMILES string of the molecule is COc1cc(OC)nc(Nc2ccccc2C)n1. The number of hydrogen-bond donors (Lipinski definition) is 1. The molecule has 1 heterocycles. The van der Waals surface area contributed by atoms with E-state index in [0.717, 1.165) is 11.3 Å². The molecule has 0 radical (unpaired) electrons. The Morgan fingerprint density at radius 3 is 2.17 bits per heavy atom. The van der Waals surface area contributed by atoms with Crippen LogP contribution in [-0.2, 0) is 0 Å². The van der Waals surface area contributed by atoms with Crippen molar-refractivity contribution in [2.24, 2.45) is 0 Å². The quantitative estimate of drug-likeness (QED) is 0.897. The first-order valence-corrected chi connectivity index (χ1v) is 5.52. The number of anilines is 2. The zero-order chi connectivity index (χ0) is 13.0. The molecule has 5 heteroatoms. The molecule has 5 nitrogen and oxygen atoms in total. The van der Waals surface area contributed by atoms with E-state index < -0.39 is 0 Å². The van der Waals surface area contributed by atoms with Crippen molar-refractivity contribution in [3.05, 3.63) is 35.9 Å². The largest absolute Gasteiger partial charge is 0.481 e.